The molecule has 24 heavy (non-hydrogen) atoms. The van der Waals surface area contributed by atoms with Gasteiger partial charge >= 0.3 is 0 Å². The van der Waals surface area contributed by atoms with E-state index >= 15 is 0 Å². The van der Waals surface area contributed by atoms with E-state index in [1.807, 2.05) is 0 Å². The van der Waals surface area contributed by atoms with E-state index in [2.05, 4.69) is 57.7 Å². The molecule has 1 heteroatoms. The minimum absolute atomic E-state index is 0.483. The van der Waals surface area contributed by atoms with Gasteiger partial charge in [0, 0.05) is 5.25 Å². The summed E-state index contributed by atoms with van der Waals surface area (Å²) in [6.45, 7) is 10.1. The van der Waals surface area contributed by atoms with Crippen LogP contribution >= 0.6 is 11.8 Å². The molecule has 0 aromatic carbocycles. The van der Waals surface area contributed by atoms with Gasteiger partial charge < -0.3 is 0 Å². The fourth-order valence-electron chi connectivity index (χ4n) is 7.41. The summed E-state index contributed by atoms with van der Waals surface area (Å²) in [6, 6.07) is 0. The fourth-order valence-corrected chi connectivity index (χ4v) is 8.91. The van der Waals surface area contributed by atoms with E-state index in [-0.39, 0.29) is 0 Å². The quantitative estimate of drug-likeness (QED) is 0.538. The monoisotopic (exact) mass is 344 g/mol. The lowest BCUT2D eigenvalue weighted by Gasteiger charge is -2.56. The zero-order valence-corrected chi connectivity index (χ0v) is 17.0. The first-order valence-corrected chi connectivity index (χ1v) is 11.6. The van der Waals surface area contributed by atoms with Crippen LogP contribution in [0.2, 0.25) is 0 Å². The first-order chi connectivity index (χ1) is 11.5. The molecule has 0 bridgehead atoms. The first-order valence-electron chi connectivity index (χ1n) is 10.5. The molecule has 0 aromatic heterocycles. The van der Waals surface area contributed by atoms with Crippen LogP contribution in [0.3, 0.4) is 0 Å². The number of thioether (sulfide) groups is 1. The highest BCUT2D eigenvalue weighted by atomic mass is 32.2. The molecule has 0 aliphatic heterocycles. The summed E-state index contributed by atoms with van der Waals surface area (Å²) in [5.74, 6) is 4.92. The van der Waals surface area contributed by atoms with Crippen LogP contribution in [0.5, 0.6) is 0 Å². The largest absolute Gasteiger partial charge is 0.159 e. The molecule has 0 spiro atoms. The maximum Gasteiger partial charge on any atom is 0.00834 e. The van der Waals surface area contributed by atoms with Crippen molar-refractivity contribution in [2.75, 3.05) is 5.75 Å². The lowest BCUT2D eigenvalue weighted by Crippen LogP contribution is -2.48. The molecule has 0 N–H and O–H groups in total. The Bertz CT molecular complexity index is 546. The average Bonchev–Trinajstić information content (AvgIpc) is 2.86. The molecule has 0 saturated heterocycles. The van der Waals surface area contributed by atoms with Crippen LogP contribution in [0.4, 0.5) is 0 Å². The van der Waals surface area contributed by atoms with Gasteiger partial charge in [-0.25, -0.2) is 0 Å². The van der Waals surface area contributed by atoms with Crippen LogP contribution in [0.15, 0.2) is 23.8 Å². The smallest absolute Gasteiger partial charge is 0.00834 e. The first kappa shape index (κ1) is 17.3. The van der Waals surface area contributed by atoms with E-state index in [0.29, 0.717) is 10.8 Å². The average molecular weight is 345 g/mol. The highest BCUT2D eigenvalue weighted by Gasteiger charge is 2.59. The van der Waals surface area contributed by atoms with Gasteiger partial charge in [0.1, 0.15) is 0 Å². The predicted octanol–water partition coefficient (Wildman–Crippen LogP) is 6.87. The van der Waals surface area contributed by atoms with E-state index < -0.39 is 0 Å². The Morgan fingerprint density at radius 3 is 2.75 bits per heavy atom. The molecule has 0 amide bonds. The second-order valence-corrected chi connectivity index (χ2v) is 10.9. The molecule has 0 radical (unpaired) electrons. The Hall–Kier alpha value is -0.170. The predicted molar refractivity (Wildman–Crippen MR) is 107 cm³/mol. The molecule has 7 atom stereocenters. The Balaban J connectivity index is 1.69. The number of rotatable bonds is 3. The zero-order valence-electron chi connectivity index (χ0n) is 16.2. The standard InChI is InChI=1S/C23H36S/c1-5-18-21(24-6-2)15-20-17-11-10-16-9-7-8-13-22(16,3)19(17)12-14-23(18,20)4/h9-11,17-21H,5-8,12-15H2,1-4H3/t17-,18+,19+,20+,21?,22+,23-/m1/s1. The fraction of sp³-hybridized carbons (Fsp3) is 0.826. The molecule has 0 aromatic rings. The van der Waals surface area contributed by atoms with Crippen molar-refractivity contribution in [3.8, 4) is 0 Å². The van der Waals surface area contributed by atoms with E-state index in [1.54, 1.807) is 5.57 Å². The SMILES string of the molecule is CCSC1C[C@H]2[C@@H]3C=CC4=CCCC[C@]4(C)[C@H]3CC[C@]2(C)[C@H]1CC. The Morgan fingerprint density at radius 2 is 2.00 bits per heavy atom. The molecule has 134 valence electrons. The van der Waals surface area contributed by atoms with Crippen molar-refractivity contribution in [3.63, 3.8) is 0 Å². The Morgan fingerprint density at radius 1 is 1.17 bits per heavy atom. The normalized spacial score (nSPS) is 50.0. The van der Waals surface area contributed by atoms with Crippen molar-refractivity contribution in [2.24, 2.45) is 34.5 Å². The molecular weight excluding hydrogens is 308 g/mol. The van der Waals surface area contributed by atoms with Gasteiger partial charge in [0.15, 0.2) is 0 Å². The van der Waals surface area contributed by atoms with E-state index in [4.69, 9.17) is 0 Å². The maximum atomic E-state index is 2.67. The van der Waals surface area contributed by atoms with Crippen LogP contribution in [0.1, 0.15) is 72.6 Å². The van der Waals surface area contributed by atoms with Crippen LogP contribution < -0.4 is 0 Å². The van der Waals surface area contributed by atoms with E-state index in [1.165, 1.54) is 50.7 Å². The summed E-state index contributed by atoms with van der Waals surface area (Å²) in [4.78, 5) is 0. The van der Waals surface area contributed by atoms with E-state index in [9.17, 15) is 0 Å². The molecule has 0 nitrogen and oxygen atoms in total. The van der Waals surface area contributed by atoms with Crippen LogP contribution in [0.25, 0.3) is 0 Å². The zero-order chi connectivity index (χ0) is 16.9. The third-order valence-electron chi connectivity index (χ3n) is 8.61. The number of fused-ring (bicyclic) bond motifs is 5. The highest BCUT2D eigenvalue weighted by Crippen LogP contribution is 2.66. The molecule has 4 rings (SSSR count). The minimum atomic E-state index is 0.483. The molecule has 2 saturated carbocycles. The van der Waals surface area contributed by atoms with Crippen LogP contribution in [-0.4, -0.2) is 11.0 Å². The number of allylic oxidation sites excluding steroid dienone is 4. The summed E-state index contributed by atoms with van der Waals surface area (Å²) < 4.78 is 0. The van der Waals surface area contributed by atoms with Gasteiger partial charge in [-0.05, 0) is 84.4 Å². The maximum absolute atomic E-state index is 2.67. The third kappa shape index (κ3) is 2.32. The van der Waals surface area contributed by atoms with Gasteiger partial charge in [-0.1, -0.05) is 52.3 Å². The van der Waals surface area contributed by atoms with Gasteiger partial charge in [-0.15, -0.1) is 0 Å². The molecule has 4 aliphatic rings. The summed E-state index contributed by atoms with van der Waals surface area (Å²) in [5.41, 5.74) is 2.76. The topological polar surface area (TPSA) is 0 Å². The molecule has 0 heterocycles. The lowest BCUT2D eigenvalue weighted by atomic mass is 9.48. The van der Waals surface area contributed by atoms with Gasteiger partial charge in [0.05, 0.1) is 0 Å². The molecule has 4 aliphatic carbocycles. The lowest BCUT2D eigenvalue weighted by molar-refractivity contribution is -0.0153. The van der Waals surface area contributed by atoms with Crippen LogP contribution in [0, 0.1) is 34.5 Å². The van der Waals surface area contributed by atoms with Crippen molar-refractivity contribution < 1.29 is 0 Å². The summed E-state index contributed by atoms with van der Waals surface area (Å²) >= 11 is 2.26. The summed E-state index contributed by atoms with van der Waals surface area (Å²) in [7, 11) is 0. The van der Waals surface area contributed by atoms with Crippen molar-refractivity contribution in [1.29, 1.82) is 0 Å². The summed E-state index contributed by atoms with van der Waals surface area (Å²) in [5, 5.41) is 0.915. The van der Waals surface area contributed by atoms with Gasteiger partial charge in [0.25, 0.3) is 0 Å². The highest BCUT2D eigenvalue weighted by molar-refractivity contribution is 7.99. The van der Waals surface area contributed by atoms with Gasteiger partial charge in [-0.2, -0.15) is 11.8 Å². The van der Waals surface area contributed by atoms with Crippen molar-refractivity contribution in [1.82, 2.24) is 0 Å². The van der Waals surface area contributed by atoms with Crippen LogP contribution in [-0.2, 0) is 0 Å². The Labute approximate surface area is 153 Å². The molecular formula is C23H36S. The van der Waals surface area contributed by atoms with Gasteiger partial charge in [-0.3, -0.25) is 0 Å². The Kier molecular flexibility index (Phi) is 4.47. The molecule has 2 fully saturated rings. The minimum Gasteiger partial charge on any atom is -0.159 e. The van der Waals surface area contributed by atoms with E-state index in [0.717, 1.165) is 28.9 Å². The second kappa shape index (κ2) is 6.22. The van der Waals surface area contributed by atoms with Crippen molar-refractivity contribution in [3.05, 3.63) is 23.8 Å². The summed E-state index contributed by atoms with van der Waals surface area (Å²) in [6.07, 6.45) is 17.7. The second-order valence-electron chi connectivity index (χ2n) is 9.41. The third-order valence-corrected chi connectivity index (χ3v) is 9.90. The van der Waals surface area contributed by atoms with Crippen molar-refractivity contribution in [2.45, 2.75) is 77.9 Å². The molecule has 1 unspecified atom stereocenters. The number of hydrogen-bond donors (Lipinski definition) is 0. The van der Waals surface area contributed by atoms with Gasteiger partial charge in [0.2, 0.25) is 0 Å². The van der Waals surface area contributed by atoms with Crippen molar-refractivity contribution >= 4 is 11.8 Å². The number of hydrogen-bond acceptors (Lipinski definition) is 1.